The van der Waals surface area contributed by atoms with E-state index in [1.165, 1.54) is 12.4 Å². The predicted octanol–water partition coefficient (Wildman–Crippen LogP) is 0.493. The minimum atomic E-state index is -0.524. The molecule has 1 rings (SSSR count). The number of nitrogens with two attached hydrogens (primary N) is 1. The summed E-state index contributed by atoms with van der Waals surface area (Å²) in [5.74, 6) is 4.85. The molecule has 1 aromatic rings. The van der Waals surface area contributed by atoms with Crippen molar-refractivity contribution in [3.8, 4) is 0 Å². The predicted molar refractivity (Wildman–Crippen MR) is 42.6 cm³/mol. The molecular formula is C6H8N6. The summed E-state index contributed by atoms with van der Waals surface area (Å²) < 4.78 is 0. The summed E-state index contributed by atoms with van der Waals surface area (Å²) >= 11 is 0. The molecule has 0 bridgehead atoms. The van der Waals surface area contributed by atoms with E-state index >= 15 is 0 Å². The highest BCUT2D eigenvalue weighted by atomic mass is 15.3. The van der Waals surface area contributed by atoms with Gasteiger partial charge in [0.2, 0.25) is 0 Å². The van der Waals surface area contributed by atoms with Gasteiger partial charge in [-0.2, -0.15) is 5.11 Å². The van der Waals surface area contributed by atoms with Crippen molar-refractivity contribution in [2.24, 2.45) is 16.2 Å². The third-order valence-electron chi connectivity index (χ3n) is 1.24. The maximum atomic E-state index is 7.00. The normalized spacial score (nSPS) is 13.0. The molecule has 0 saturated heterocycles. The first-order valence-electron chi connectivity index (χ1n) is 3.25. The molecule has 0 spiro atoms. The van der Waals surface area contributed by atoms with Gasteiger partial charge in [-0.05, 0) is 0 Å². The van der Waals surface area contributed by atoms with E-state index in [4.69, 9.17) is 11.3 Å². The minimum absolute atomic E-state index is 0.524. The van der Waals surface area contributed by atoms with Crippen LogP contribution in [0, 0.1) is 5.41 Å². The Morgan fingerprint density at radius 1 is 1.58 bits per heavy atom. The third-order valence-corrected chi connectivity index (χ3v) is 1.24. The number of rotatable bonds is 3. The van der Waals surface area contributed by atoms with E-state index in [1.54, 1.807) is 6.20 Å². The lowest BCUT2D eigenvalue weighted by Gasteiger charge is -2.00. The van der Waals surface area contributed by atoms with Gasteiger partial charge in [-0.1, -0.05) is 5.22 Å². The van der Waals surface area contributed by atoms with Crippen LogP contribution in [-0.4, -0.2) is 16.2 Å². The van der Waals surface area contributed by atoms with Gasteiger partial charge in [-0.25, -0.2) is 0 Å². The Morgan fingerprint density at radius 2 is 2.42 bits per heavy atom. The summed E-state index contributed by atoms with van der Waals surface area (Å²) in [7, 11) is 0. The number of aromatic nitrogens is 2. The van der Waals surface area contributed by atoms with Crippen molar-refractivity contribution in [1.82, 2.24) is 9.97 Å². The third kappa shape index (κ3) is 1.82. The Hall–Kier alpha value is -1.85. The van der Waals surface area contributed by atoms with Crippen molar-refractivity contribution in [3.05, 3.63) is 24.3 Å². The van der Waals surface area contributed by atoms with Crippen molar-refractivity contribution in [3.63, 3.8) is 0 Å². The molecule has 1 unspecified atom stereocenters. The molecule has 0 fully saturated rings. The number of nitrogens with zero attached hydrogens (tertiary/aromatic N) is 4. The highest BCUT2D eigenvalue weighted by Gasteiger charge is 2.07. The van der Waals surface area contributed by atoms with Crippen molar-refractivity contribution in [1.29, 1.82) is 5.41 Å². The van der Waals surface area contributed by atoms with Crippen LogP contribution in [0.3, 0.4) is 0 Å². The summed E-state index contributed by atoms with van der Waals surface area (Å²) in [6.45, 7) is 0. The van der Waals surface area contributed by atoms with E-state index in [2.05, 4.69) is 20.3 Å². The maximum Gasteiger partial charge on any atom is 0.151 e. The van der Waals surface area contributed by atoms with E-state index in [-0.39, 0.29) is 0 Å². The van der Waals surface area contributed by atoms with Crippen molar-refractivity contribution < 1.29 is 0 Å². The Morgan fingerprint density at radius 3 is 2.92 bits per heavy atom. The molecule has 6 nitrogen and oxygen atoms in total. The fourth-order valence-electron chi connectivity index (χ4n) is 0.713. The number of nitrogens with one attached hydrogen (secondary N) is 1. The molecule has 1 atom stereocenters. The zero-order chi connectivity index (χ0) is 8.81. The second-order valence-corrected chi connectivity index (χ2v) is 1.97. The van der Waals surface area contributed by atoms with Crippen molar-refractivity contribution in [2.75, 3.05) is 0 Å². The highest BCUT2D eigenvalue weighted by Crippen LogP contribution is 2.09. The van der Waals surface area contributed by atoms with Crippen LogP contribution in [0.15, 0.2) is 28.9 Å². The Bertz CT molecular complexity index is 269. The number of hydrogen-bond donors (Lipinski definition) is 2. The van der Waals surface area contributed by atoms with Gasteiger partial charge in [0.25, 0.3) is 0 Å². The highest BCUT2D eigenvalue weighted by molar-refractivity contribution is 5.62. The van der Waals surface area contributed by atoms with Crippen LogP contribution in [0.2, 0.25) is 0 Å². The van der Waals surface area contributed by atoms with Gasteiger partial charge in [0, 0.05) is 18.6 Å². The molecule has 3 N–H and O–H groups in total. The average Bonchev–Trinajstić information content (AvgIpc) is 2.15. The van der Waals surface area contributed by atoms with Crippen LogP contribution in [0.25, 0.3) is 0 Å². The smallest absolute Gasteiger partial charge is 0.151 e. The molecule has 62 valence electrons. The van der Waals surface area contributed by atoms with Gasteiger partial charge in [-0.15, -0.1) is 0 Å². The molecule has 0 saturated carbocycles. The van der Waals surface area contributed by atoms with Crippen LogP contribution >= 0.6 is 0 Å². The van der Waals surface area contributed by atoms with E-state index < -0.39 is 6.04 Å². The fraction of sp³-hybridized carbons (Fsp3) is 0.167. The summed E-state index contributed by atoms with van der Waals surface area (Å²) in [5, 5.41) is 13.7. The molecule has 0 amide bonds. The lowest BCUT2D eigenvalue weighted by Crippen LogP contribution is -1.99. The van der Waals surface area contributed by atoms with E-state index in [0.717, 1.165) is 6.21 Å². The van der Waals surface area contributed by atoms with Crippen molar-refractivity contribution in [2.45, 2.75) is 6.04 Å². The van der Waals surface area contributed by atoms with E-state index in [1.807, 2.05) is 0 Å². The van der Waals surface area contributed by atoms with Gasteiger partial charge in [-0.3, -0.25) is 9.97 Å². The molecule has 0 aromatic carbocycles. The Kier molecular flexibility index (Phi) is 2.83. The van der Waals surface area contributed by atoms with Crippen LogP contribution in [0.5, 0.6) is 0 Å². The minimum Gasteiger partial charge on any atom is -0.310 e. The van der Waals surface area contributed by atoms with Crippen molar-refractivity contribution >= 4 is 6.21 Å². The van der Waals surface area contributed by atoms with Crippen LogP contribution in [0.4, 0.5) is 0 Å². The first-order valence-corrected chi connectivity index (χ1v) is 3.25. The van der Waals surface area contributed by atoms with Crippen LogP contribution in [0.1, 0.15) is 11.7 Å². The average molecular weight is 164 g/mol. The van der Waals surface area contributed by atoms with Gasteiger partial charge in [0.1, 0.15) is 0 Å². The van der Waals surface area contributed by atoms with Gasteiger partial charge >= 0.3 is 0 Å². The lowest BCUT2D eigenvalue weighted by atomic mass is 10.2. The SMILES string of the molecule is N=CC(N=NN)c1cnccn1. The Labute approximate surface area is 69.0 Å². The first-order chi connectivity index (χ1) is 5.88. The summed E-state index contributed by atoms with van der Waals surface area (Å²) in [6, 6.07) is -0.524. The monoisotopic (exact) mass is 164 g/mol. The fourth-order valence-corrected chi connectivity index (χ4v) is 0.713. The quantitative estimate of drug-likeness (QED) is 0.294. The molecule has 1 heterocycles. The Balaban J connectivity index is 2.87. The molecular weight excluding hydrogens is 156 g/mol. The molecule has 0 aliphatic rings. The second kappa shape index (κ2) is 4.12. The zero-order valence-electron chi connectivity index (χ0n) is 6.25. The molecule has 0 aliphatic carbocycles. The van der Waals surface area contributed by atoms with Gasteiger partial charge in [0.05, 0.1) is 11.9 Å². The molecule has 0 aliphatic heterocycles. The van der Waals surface area contributed by atoms with Crippen LogP contribution in [-0.2, 0) is 0 Å². The van der Waals surface area contributed by atoms with Crippen LogP contribution < -0.4 is 5.84 Å². The standard InChI is InChI=1S/C6H8N6/c7-3-5(11-12-8)6-4-9-1-2-10-6/h1-5,7H,(H2,8,11). The summed E-state index contributed by atoms with van der Waals surface area (Å²) in [5.41, 5.74) is 0.557. The summed E-state index contributed by atoms with van der Waals surface area (Å²) in [6.07, 6.45) is 5.69. The number of hydrogen-bond acceptors (Lipinski definition) is 5. The molecule has 12 heavy (non-hydrogen) atoms. The largest absolute Gasteiger partial charge is 0.310 e. The van der Waals surface area contributed by atoms with Gasteiger partial charge in [0.15, 0.2) is 6.04 Å². The molecule has 0 radical (unpaired) electrons. The first kappa shape index (κ1) is 8.25. The van der Waals surface area contributed by atoms with Gasteiger partial charge < -0.3 is 11.3 Å². The maximum absolute atomic E-state index is 7.00. The lowest BCUT2D eigenvalue weighted by molar-refractivity contribution is 0.806. The zero-order valence-corrected chi connectivity index (χ0v) is 6.25. The molecule has 1 aromatic heterocycles. The molecule has 6 heteroatoms. The second-order valence-electron chi connectivity index (χ2n) is 1.97. The van der Waals surface area contributed by atoms with E-state index in [9.17, 15) is 0 Å². The summed E-state index contributed by atoms with van der Waals surface area (Å²) in [4.78, 5) is 7.77. The van der Waals surface area contributed by atoms with E-state index in [0.29, 0.717) is 5.69 Å². The topological polar surface area (TPSA) is 100 Å².